The van der Waals surface area contributed by atoms with Gasteiger partial charge in [0.05, 0.1) is 0 Å². The zero-order valence-electron chi connectivity index (χ0n) is 10.9. The topological polar surface area (TPSA) is 15.3 Å². The standard InChI is InChI=1S/C12H28N2/c1-7-9-14(10-8-13-6)12(4,5)11(2)3/h11,13H,7-10H2,1-6H3. The Bertz CT molecular complexity index is 141. The SMILES string of the molecule is CCCN(CCNC)C(C)(C)C(C)C. The van der Waals surface area contributed by atoms with Gasteiger partial charge in [0.25, 0.3) is 0 Å². The van der Waals surface area contributed by atoms with Crippen LogP contribution in [0.25, 0.3) is 0 Å². The van der Waals surface area contributed by atoms with Crippen molar-refractivity contribution in [1.29, 1.82) is 0 Å². The number of hydrogen-bond donors (Lipinski definition) is 1. The lowest BCUT2D eigenvalue weighted by Gasteiger charge is -2.42. The highest BCUT2D eigenvalue weighted by Gasteiger charge is 2.28. The van der Waals surface area contributed by atoms with Crippen LogP contribution in [-0.4, -0.2) is 37.1 Å². The molecule has 0 aromatic heterocycles. The van der Waals surface area contributed by atoms with Crippen molar-refractivity contribution in [2.75, 3.05) is 26.7 Å². The van der Waals surface area contributed by atoms with Crippen LogP contribution in [0.15, 0.2) is 0 Å². The van der Waals surface area contributed by atoms with E-state index in [1.54, 1.807) is 0 Å². The number of likely N-dealkylation sites (N-methyl/N-ethyl adjacent to an activating group) is 1. The third kappa shape index (κ3) is 3.97. The molecule has 2 heteroatoms. The predicted molar refractivity (Wildman–Crippen MR) is 64.7 cm³/mol. The summed E-state index contributed by atoms with van der Waals surface area (Å²) in [7, 11) is 2.02. The molecular formula is C12H28N2. The van der Waals surface area contributed by atoms with E-state index in [1.165, 1.54) is 13.0 Å². The first-order chi connectivity index (χ1) is 6.46. The van der Waals surface area contributed by atoms with Gasteiger partial charge in [-0.05, 0) is 39.8 Å². The van der Waals surface area contributed by atoms with E-state index >= 15 is 0 Å². The molecule has 0 aliphatic heterocycles. The highest BCUT2D eigenvalue weighted by Crippen LogP contribution is 2.23. The van der Waals surface area contributed by atoms with Crippen LogP contribution < -0.4 is 5.32 Å². The summed E-state index contributed by atoms with van der Waals surface area (Å²) in [6.07, 6.45) is 1.24. The first-order valence-electron chi connectivity index (χ1n) is 5.86. The molecule has 0 aliphatic carbocycles. The van der Waals surface area contributed by atoms with Crippen LogP contribution in [0.2, 0.25) is 0 Å². The zero-order valence-corrected chi connectivity index (χ0v) is 10.9. The second-order valence-electron chi connectivity index (χ2n) is 4.90. The normalized spacial score (nSPS) is 12.9. The molecule has 0 rings (SSSR count). The molecule has 0 atom stereocenters. The van der Waals surface area contributed by atoms with Crippen LogP contribution in [0, 0.1) is 5.92 Å². The van der Waals surface area contributed by atoms with Gasteiger partial charge in [-0.2, -0.15) is 0 Å². The summed E-state index contributed by atoms with van der Waals surface area (Å²) in [4.78, 5) is 2.59. The number of nitrogens with one attached hydrogen (secondary N) is 1. The Morgan fingerprint density at radius 2 is 1.79 bits per heavy atom. The van der Waals surface area contributed by atoms with Gasteiger partial charge in [0.1, 0.15) is 0 Å². The molecule has 0 aliphatic rings. The van der Waals surface area contributed by atoms with Crippen molar-refractivity contribution in [1.82, 2.24) is 10.2 Å². The highest BCUT2D eigenvalue weighted by atomic mass is 15.2. The van der Waals surface area contributed by atoms with Crippen molar-refractivity contribution < 1.29 is 0 Å². The van der Waals surface area contributed by atoms with Crippen LogP contribution >= 0.6 is 0 Å². The second-order valence-corrected chi connectivity index (χ2v) is 4.90. The molecule has 0 radical (unpaired) electrons. The Labute approximate surface area is 90.1 Å². The lowest BCUT2D eigenvalue weighted by atomic mass is 9.88. The summed E-state index contributed by atoms with van der Waals surface area (Å²) in [5.41, 5.74) is 0.312. The monoisotopic (exact) mass is 200 g/mol. The molecule has 86 valence electrons. The Morgan fingerprint density at radius 1 is 1.21 bits per heavy atom. The minimum absolute atomic E-state index is 0.312. The van der Waals surface area contributed by atoms with Gasteiger partial charge in [-0.15, -0.1) is 0 Å². The smallest absolute Gasteiger partial charge is 0.0176 e. The summed E-state index contributed by atoms with van der Waals surface area (Å²) >= 11 is 0. The summed E-state index contributed by atoms with van der Waals surface area (Å²) < 4.78 is 0. The van der Waals surface area contributed by atoms with Crippen LogP contribution in [0.1, 0.15) is 41.0 Å². The zero-order chi connectivity index (χ0) is 11.2. The highest BCUT2D eigenvalue weighted by molar-refractivity contribution is 4.84. The van der Waals surface area contributed by atoms with Crippen molar-refractivity contribution in [3.8, 4) is 0 Å². The molecule has 0 heterocycles. The summed E-state index contributed by atoms with van der Waals surface area (Å²) in [6, 6.07) is 0. The average Bonchev–Trinajstić information content (AvgIpc) is 2.11. The van der Waals surface area contributed by atoms with Crippen molar-refractivity contribution in [2.24, 2.45) is 5.92 Å². The van der Waals surface area contributed by atoms with Crippen LogP contribution in [0.4, 0.5) is 0 Å². The lowest BCUT2D eigenvalue weighted by Crippen LogP contribution is -2.50. The average molecular weight is 200 g/mol. The molecule has 0 aromatic carbocycles. The molecule has 0 amide bonds. The fourth-order valence-corrected chi connectivity index (χ4v) is 1.57. The maximum atomic E-state index is 3.23. The van der Waals surface area contributed by atoms with Gasteiger partial charge in [0.15, 0.2) is 0 Å². The molecular weight excluding hydrogens is 172 g/mol. The van der Waals surface area contributed by atoms with Gasteiger partial charge in [-0.1, -0.05) is 20.8 Å². The third-order valence-electron chi connectivity index (χ3n) is 3.35. The van der Waals surface area contributed by atoms with Crippen LogP contribution in [-0.2, 0) is 0 Å². The third-order valence-corrected chi connectivity index (χ3v) is 3.35. The molecule has 0 saturated heterocycles. The molecule has 2 nitrogen and oxygen atoms in total. The first kappa shape index (κ1) is 13.9. The molecule has 0 bridgehead atoms. The number of nitrogens with zero attached hydrogens (tertiary/aromatic N) is 1. The lowest BCUT2D eigenvalue weighted by molar-refractivity contribution is 0.0778. The number of hydrogen-bond acceptors (Lipinski definition) is 2. The predicted octanol–water partition coefficient (Wildman–Crippen LogP) is 2.35. The van der Waals surface area contributed by atoms with Gasteiger partial charge in [0, 0.05) is 18.6 Å². The summed E-state index contributed by atoms with van der Waals surface area (Å²) in [5.74, 6) is 0.700. The second kappa shape index (κ2) is 6.41. The molecule has 1 N–H and O–H groups in total. The Morgan fingerprint density at radius 3 is 2.14 bits per heavy atom. The number of rotatable bonds is 7. The fourth-order valence-electron chi connectivity index (χ4n) is 1.57. The maximum absolute atomic E-state index is 3.23. The van der Waals surface area contributed by atoms with Crippen molar-refractivity contribution in [3.05, 3.63) is 0 Å². The fraction of sp³-hybridized carbons (Fsp3) is 1.00. The van der Waals surface area contributed by atoms with Gasteiger partial charge < -0.3 is 5.32 Å². The van der Waals surface area contributed by atoms with E-state index in [0.717, 1.165) is 13.1 Å². The Hall–Kier alpha value is -0.0800. The molecule has 0 fully saturated rings. The maximum Gasteiger partial charge on any atom is 0.0176 e. The van der Waals surface area contributed by atoms with E-state index in [9.17, 15) is 0 Å². The quantitative estimate of drug-likeness (QED) is 0.678. The summed E-state index contributed by atoms with van der Waals surface area (Å²) in [6.45, 7) is 15.0. The van der Waals surface area contributed by atoms with Gasteiger partial charge >= 0.3 is 0 Å². The van der Waals surface area contributed by atoms with E-state index in [2.05, 4.69) is 44.8 Å². The minimum Gasteiger partial charge on any atom is -0.318 e. The first-order valence-corrected chi connectivity index (χ1v) is 5.86. The molecule has 0 unspecified atom stereocenters. The van der Waals surface area contributed by atoms with Gasteiger partial charge in [-0.25, -0.2) is 0 Å². The van der Waals surface area contributed by atoms with E-state index in [1.807, 2.05) is 7.05 Å². The van der Waals surface area contributed by atoms with E-state index < -0.39 is 0 Å². The minimum atomic E-state index is 0.312. The molecule has 0 spiro atoms. The molecule has 0 aromatic rings. The van der Waals surface area contributed by atoms with Gasteiger partial charge in [-0.3, -0.25) is 4.90 Å². The molecule has 14 heavy (non-hydrogen) atoms. The van der Waals surface area contributed by atoms with Crippen LogP contribution in [0.5, 0.6) is 0 Å². The Balaban J connectivity index is 4.29. The summed E-state index contributed by atoms with van der Waals surface area (Å²) in [5, 5.41) is 3.23. The van der Waals surface area contributed by atoms with E-state index in [0.29, 0.717) is 11.5 Å². The van der Waals surface area contributed by atoms with Crippen molar-refractivity contribution in [2.45, 2.75) is 46.6 Å². The largest absolute Gasteiger partial charge is 0.318 e. The molecule has 0 saturated carbocycles. The van der Waals surface area contributed by atoms with Crippen molar-refractivity contribution >= 4 is 0 Å². The van der Waals surface area contributed by atoms with Crippen molar-refractivity contribution in [3.63, 3.8) is 0 Å². The van der Waals surface area contributed by atoms with Gasteiger partial charge in [0.2, 0.25) is 0 Å². The Kier molecular flexibility index (Phi) is 6.38. The van der Waals surface area contributed by atoms with Crippen LogP contribution in [0.3, 0.4) is 0 Å². The van der Waals surface area contributed by atoms with E-state index in [4.69, 9.17) is 0 Å². The van der Waals surface area contributed by atoms with E-state index in [-0.39, 0.29) is 0 Å².